The summed E-state index contributed by atoms with van der Waals surface area (Å²) in [6, 6.07) is 12.1. The van der Waals surface area contributed by atoms with Crippen LogP contribution in [0.25, 0.3) is 0 Å². The molecule has 1 aromatic heterocycles. The summed E-state index contributed by atoms with van der Waals surface area (Å²) in [6.07, 6.45) is 8.21. The van der Waals surface area contributed by atoms with Gasteiger partial charge in [0.25, 0.3) is 5.91 Å². The molecule has 6 heteroatoms. The van der Waals surface area contributed by atoms with Gasteiger partial charge < -0.3 is 19.5 Å². The van der Waals surface area contributed by atoms with Crippen molar-refractivity contribution in [3.05, 3.63) is 53.9 Å². The molecule has 6 nitrogen and oxygen atoms in total. The van der Waals surface area contributed by atoms with Crippen LogP contribution in [0.4, 0.5) is 0 Å². The van der Waals surface area contributed by atoms with Crippen LogP contribution in [0, 0.1) is 0 Å². The van der Waals surface area contributed by atoms with E-state index in [0.717, 1.165) is 38.0 Å². The minimum Gasteiger partial charge on any atom is -0.492 e. The number of rotatable bonds is 1. The third kappa shape index (κ3) is 5.04. The normalized spacial score (nSPS) is 21.2. The second-order valence-electron chi connectivity index (χ2n) is 8.25. The lowest BCUT2D eigenvalue weighted by Crippen LogP contribution is -2.44. The molecule has 1 aromatic carbocycles. The molecule has 1 unspecified atom stereocenters. The first kappa shape index (κ1) is 20.5. The van der Waals surface area contributed by atoms with Crippen molar-refractivity contribution >= 4 is 11.8 Å². The van der Waals surface area contributed by atoms with E-state index in [-0.39, 0.29) is 11.8 Å². The fourth-order valence-corrected chi connectivity index (χ4v) is 4.54. The number of carbonyl (C=O) groups excluding carboxylic acids is 2. The molecule has 2 aromatic rings. The Bertz CT molecular complexity index is 849. The smallest absolute Gasteiger partial charge is 0.270 e. The third-order valence-electron chi connectivity index (χ3n) is 6.18. The minimum absolute atomic E-state index is 0.0510. The van der Waals surface area contributed by atoms with Crippen molar-refractivity contribution in [1.82, 2.24) is 14.8 Å². The molecule has 3 heterocycles. The van der Waals surface area contributed by atoms with Crippen LogP contribution < -0.4 is 4.74 Å². The zero-order chi connectivity index (χ0) is 20.8. The molecule has 2 amide bonds. The molecule has 1 atom stereocenters. The van der Waals surface area contributed by atoms with Gasteiger partial charge in [0, 0.05) is 31.7 Å². The second kappa shape index (κ2) is 9.83. The maximum absolute atomic E-state index is 13.0. The molecule has 1 fully saturated rings. The highest BCUT2D eigenvalue weighted by atomic mass is 16.5. The zero-order valence-corrected chi connectivity index (χ0v) is 17.5. The number of nitrogens with zero attached hydrogens (tertiary/aromatic N) is 2. The first-order valence-electron chi connectivity index (χ1n) is 11.1. The second-order valence-corrected chi connectivity index (χ2v) is 8.25. The van der Waals surface area contributed by atoms with Crippen LogP contribution >= 0.6 is 0 Å². The SMILES string of the molecule is O=C(c1ccc[nH]1)N1CCCC(=O)N2CCCCC2CCc2cccc(c2)OCC1. The predicted molar refractivity (Wildman–Crippen MR) is 116 cm³/mol. The van der Waals surface area contributed by atoms with E-state index in [4.69, 9.17) is 4.74 Å². The Labute approximate surface area is 178 Å². The summed E-state index contributed by atoms with van der Waals surface area (Å²) in [5.41, 5.74) is 1.80. The topological polar surface area (TPSA) is 65.6 Å². The third-order valence-corrected chi connectivity index (χ3v) is 6.18. The monoisotopic (exact) mass is 409 g/mol. The molecule has 2 aliphatic heterocycles. The summed E-state index contributed by atoms with van der Waals surface area (Å²) in [7, 11) is 0. The largest absolute Gasteiger partial charge is 0.492 e. The van der Waals surface area contributed by atoms with Crippen molar-refractivity contribution in [3.8, 4) is 5.75 Å². The number of carbonyl (C=O) groups is 2. The van der Waals surface area contributed by atoms with Gasteiger partial charge in [0.05, 0.1) is 6.54 Å². The number of piperidine rings is 1. The van der Waals surface area contributed by atoms with Crippen LogP contribution in [-0.4, -0.2) is 58.9 Å². The lowest BCUT2D eigenvalue weighted by atomic mass is 9.95. The van der Waals surface area contributed by atoms with Gasteiger partial charge >= 0.3 is 0 Å². The van der Waals surface area contributed by atoms with Gasteiger partial charge in [-0.1, -0.05) is 12.1 Å². The highest BCUT2D eigenvalue weighted by molar-refractivity contribution is 5.92. The van der Waals surface area contributed by atoms with Gasteiger partial charge in [-0.25, -0.2) is 0 Å². The first-order valence-corrected chi connectivity index (χ1v) is 11.1. The van der Waals surface area contributed by atoms with Gasteiger partial charge in [-0.05, 0) is 68.4 Å². The Hall–Kier alpha value is -2.76. The molecule has 0 saturated carbocycles. The highest BCUT2D eigenvalue weighted by Crippen LogP contribution is 2.24. The molecule has 1 N–H and O–H groups in total. The van der Waals surface area contributed by atoms with E-state index < -0.39 is 0 Å². The number of amides is 2. The number of nitrogens with one attached hydrogen (secondary N) is 1. The summed E-state index contributed by atoms with van der Waals surface area (Å²) in [6.45, 7) is 2.32. The predicted octanol–water partition coefficient (Wildman–Crippen LogP) is 3.64. The summed E-state index contributed by atoms with van der Waals surface area (Å²) < 4.78 is 5.97. The maximum atomic E-state index is 13.0. The van der Waals surface area contributed by atoms with Gasteiger partial charge in [0.2, 0.25) is 5.91 Å². The summed E-state index contributed by atoms with van der Waals surface area (Å²) in [5.74, 6) is 1.02. The Kier molecular flexibility index (Phi) is 6.72. The van der Waals surface area contributed by atoms with Crippen molar-refractivity contribution in [2.75, 3.05) is 26.2 Å². The number of aromatic nitrogens is 1. The zero-order valence-electron chi connectivity index (χ0n) is 17.5. The van der Waals surface area contributed by atoms with Crippen LogP contribution in [-0.2, 0) is 11.2 Å². The molecular formula is C24H31N3O3. The first-order chi connectivity index (χ1) is 14.7. The average molecular weight is 410 g/mol. The Balaban J connectivity index is 1.52. The number of ether oxygens (including phenoxy) is 1. The number of H-pyrrole nitrogens is 1. The summed E-state index contributed by atoms with van der Waals surface area (Å²) in [5, 5.41) is 0. The van der Waals surface area contributed by atoms with Crippen LogP contribution in [0.5, 0.6) is 5.75 Å². The van der Waals surface area contributed by atoms with Gasteiger partial charge in [-0.2, -0.15) is 0 Å². The maximum Gasteiger partial charge on any atom is 0.270 e. The van der Waals surface area contributed by atoms with E-state index in [9.17, 15) is 9.59 Å². The van der Waals surface area contributed by atoms with E-state index in [2.05, 4.69) is 22.0 Å². The van der Waals surface area contributed by atoms with Gasteiger partial charge in [0.1, 0.15) is 18.1 Å². The molecule has 1 saturated heterocycles. The van der Waals surface area contributed by atoms with Crippen molar-refractivity contribution < 1.29 is 14.3 Å². The average Bonchev–Trinajstić information content (AvgIpc) is 3.31. The van der Waals surface area contributed by atoms with Crippen LogP contribution in [0.2, 0.25) is 0 Å². The summed E-state index contributed by atoms with van der Waals surface area (Å²) >= 11 is 0. The lowest BCUT2D eigenvalue weighted by Gasteiger charge is -2.36. The summed E-state index contributed by atoms with van der Waals surface area (Å²) in [4.78, 5) is 32.7. The van der Waals surface area contributed by atoms with Crippen molar-refractivity contribution in [1.29, 1.82) is 0 Å². The Morgan fingerprint density at radius 1 is 1.00 bits per heavy atom. The van der Waals surface area contributed by atoms with Gasteiger partial charge in [-0.15, -0.1) is 0 Å². The number of benzene rings is 1. The molecule has 2 aliphatic rings. The Morgan fingerprint density at radius 2 is 1.93 bits per heavy atom. The molecule has 30 heavy (non-hydrogen) atoms. The molecule has 160 valence electrons. The van der Waals surface area contributed by atoms with Crippen LogP contribution in [0.15, 0.2) is 42.6 Å². The van der Waals surface area contributed by atoms with E-state index in [1.807, 2.05) is 18.2 Å². The fourth-order valence-electron chi connectivity index (χ4n) is 4.54. The number of fused-ring (bicyclic) bond motifs is 3. The number of aryl methyl sites for hydroxylation is 1. The molecule has 0 aliphatic carbocycles. The lowest BCUT2D eigenvalue weighted by molar-refractivity contribution is -0.135. The number of aromatic amines is 1. The van der Waals surface area contributed by atoms with E-state index in [0.29, 0.717) is 44.3 Å². The molecular weight excluding hydrogens is 378 g/mol. The van der Waals surface area contributed by atoms with Crippen molar-refractivity contribution in [2.24, 2.45) is 0 Å². The molecule has 0 radical (unpaired) electrons. The van der Waals surface area contributed by atoms with Gasteiger partial charge in [-0.3, -0.25) is 9.59 Å². The van der Waals surface area contributed by atoms with Crippen molar-refractivity contribution in [3.63, 3.8) is 0 Å². The van der Waals surface area contributed by atoms with Crippen LogP contribution in [0.3, 0.4) is 0 Å². The highest BCUT2D eigenvalue weighted by Gasteiger charge is 2.26. The number of hydrogen-bond donors (Lipinski definition) is 1. The van der Waals surface area contributed by atoms with Crippen molar-refractivity contribution in [2.45, 2.75) is 51.0 Å². The van der Waals surface area contributed by atoms with Crippen LogP contribution in [0.1, 0.15) is 54.6 Å². The fraction of sp³-hybridized carbons (Fsp3) is 0.500. The van der Waals surface area contributed by atoms with E-state index >= 15 is 0 Å². The Morgan fingerprint density at radius 3 is 2.80 bits per heavy atom. The molecule has 0 spiro atoms. The quantitative estimate of drug-likeness (QED) is 0.782. The minimum atomic E-state index is -0.0510. The molecule has 2 bridgehead atoms. The van der Waals surface area contributed by atoms with E-state index in [1.54, 1.807) is 17.2 Å². The van der Waals surface area contributed by atoms with E-state index in [1.165, 1.54) is 12.0 Å². The number of hydrogen-bond acceptors (Lipinski definition) is 3. The standard InChI is InChI=1S/C24H31N3O3/c28-23-10-5-14-26(24(29)22-9-4-13-25-22)16-17-30-21-8-3-6-19(18-21)11-12-20-7-1-2-15-27(20)23/h3-4,6,8-9,13,18,20,25H,1-2,5,7,10-12,14-17H2. The molecule has 4 rings (SSSR count). The van der Waals surface area contributed by atoms with Gasteiger partial charge in [0.15, 0.2) is 0 Å².